The first-order valence-corrected chi connectivity index (χ1v) is 12.7. The standard InChI is InChI=1S/C28H23FN8O2/c29-24-11-19(37-14-20(39-27(37)38)13-36-10-9-33-34-36)5-6-21(24)18-4-7-25(32-12-18)28(17-30)22-15-35(16-23(22)28)26-3-1-2-8-31-26/h1-12,20,22-23H,13-16H2/t20-,22?,23?,28?/m0/s1. The second kappa shape index (κ2) is 8.87. The van der Waals surface area contributed by atoms with Crippen LogP contribution in [0.25, 0.3) is 11.1 Å². The van der Waals surface area contributed by atoms with Crippen LogP contribution in [0, 0.1) is 29.0 Å². The minimum absolute atomic E-state index is 0.187. The fourth-order valence-corrected chi connectivity index (χ4v) is 6.03. The van der Waals surface area contributed by atoms with E-state index in [1.165, 1.54) is 11.0 Å². The SMILES string of the molecule is N#CC1(c2ccc(-c3ccc(N4C[C@H](Cn5ccnn5)OC4=O)cc3F)cn2)C2CN(c3ccccn3)CC21. The Morgan fingerprint density at radius 3 is 2.62 bits per heavy atom. The summed E-state index contributed by atoms with van der Waals surface area (Å²) in [4.78, 5) is 25.1. The molecule has 3 atom stereocenters. The average Bonchev–Trinajstić information content (AvgIpc) is 3.47. The van der Waals surface area contributed by atoms with E-state index in [1.807, 2.05) is 30.3 Å². The predicted molar refractivity (Wildman–Crippen MR) is 138 cm³/mol. The second-order valence-corrected chi connectivity index (χ2v) is 10.1. The van der Waals surface area contributed by atoms with E-state index < -0.39 is 23.4 Å². The van der Waals surface area contributed by atoms with Crippen LogP contribution in [0.3, 0.4) is 0 Å². The maximum atomic E-state index is 15.2. The van der Waals surface area contributed by atoms with E-state index in [-0.39, 0.29) is 18.4 Å². The second-order valence-electron chi connectivity index (χ2n) is 10.1. The highest BCUT2D eigenvalue weighted by atomic mass is 19.1. The molecule has 39 heavy (non-hydrogen) atoms. The quantitative estimate of drug-likeness (QED) is 0.379. The van der Waals surface area contributed by atoms with Crippen molar-refractivity contribution in [3.05, 3.63) is 84.8 Å². The predicted octanol–water partition coefficient (Wildman–Crippen LogP) is 3.43. The zero-order valence-electron chi connectivity index (χ0n) is 20.8. The molecule has 1 aromatic carbocycles. The van der Waals surface area contributed by atoms with Gasteiger partial charge in [0.25, 0.3) is 0 Å². The zero-order chi connectivity index (χ0) is 26.6. The summed E-state index contributed by atoms with van der Waals surface area (Å²) in [5.41, 5.74) is 1.49. The Morgan fingerprint density at radius 1 is 1.08 bits per heavy atom. The van der Waals surface area contributed by atoms with E-state index in [2.05, 4.69) is 31.2 Å². The molecule has 2 saturated heterocycles. The van der Waals surface area contributed by atoms with Gasteiger partial charge in [-0.05, 0) is 36.4 Å². The van der Waals surface area contributed by atoms with Crippen molar-refractivity contribution >= 4 is 17.6 Å². The molecule has 3 fully saturated rings. The third-order valence-electron chi connectivity index (χ3n) is 8.04. The van der Waals surface area contributed by atoms with Crippen LogP contribution in [-0.2, 0) is 16.7 Å². The van der Waals surface area contributed by atoms with Gasteiger partial charge in [0.2, 0.25) is 0 Å². The first kappa shape index (κ1) is 23.3. The van der Waals surface area contributed by atoms with E-state index in [9.17, 15) is 10.1 Å². The molecular formula is C28H23FN8O2. The van der Waals surface area contributed by atoms with Gasteiger partial charge < -0.3 is 9.64 Å². The van der Waals surface area contributed by atoms with Gasteiger partial charge in [-0.1, -0.05) is 17.3 Å². The first-order chi connectivity index (χ1) is 19.1. The number of hydrogen-bond donors (Lipinski definition) is 0. The molecule has 0 spiro atoms. The third kappa shape index (κ3) is 3.79. The topological polar surface area (TPSA) is 113 Å². The van der Waals surface area contributed by atoms with E-state index in [0.29, 0.717) is 23.4 Å². The number of piperidine rings is 1. The van der Waals surface area contributed by atoms with Gasteiger partial charge in [-0.15, -0.1) is 5.10 Å². The molecule has 1 saturated carbocycles. The molecule has 4 aromatic rings. The molecule has 2 unspecified atom stereocenters. The number of carbonyl (C=O) groups is 1. The Balaban J connectivity index is 1.05. The fourth-order valence-electron chi connectivity index (χ4n) is 6.03. The van der Waals surface area contributed by atoms with E-state index in [1.54, 1.807) is 41.6 Å². The number of pyridine rings is 2. The Kier molecular flexibility index (Phi) is 5.30. The number of ether oxygens (including phenoxy) is 1. The van der Waals surface area contributed by atoms with Crippen molar-refractivity contribution in [1.82, 2.24) is 25.0 Å². The molecular weight excluding hydrogens is 499 g/mol. The number of rotatable bonds is 6. The lowest BCUT2D eigenvalue weighted by Crippen LogP contribution is -2.30. The molecule has 10 nitrogen and oxygen atoms in total. The largest absolute Gasteiger partial charge is 0.442 e. The van der Waals surface area contributed by atoms with Crippen LogP contribution in [0.2, 0.25) is 0 Å². The van der Waals surface area contributed by atoms with E-state index in [0.717, 1.165) is 24.6 Å². The molecule has 1 amide bonds. The van der Waals surface area contributed by atoms with Crippen LogP contribution in [0.4, 0.5) is 20.7 Å². The first-order valence-electron chi connectivity index (χ1n) is 12.7. The van der Waals surface area contributed by atoms with E-state index >= 15 is 4.39 Å². The molecule has 2 aliphatic heterocycles. The monoisotopic (exact) mass is 522 g/mol. The van der Waals surface area contributed by atoms with Crippen LogP contribution < -0.4 is 9.80 Å². The van der Waals surface area contributed by atoms with Crippen molar-refractivity contribution in [2.24, 2.45) is 11.8 Å². The van der Waals surface area contributed by atoms with Gasteiger partial charge in [0, 0.05) is 54.6 Å². The summed E-state index contributed by atoms with van der Waals surface area (Å²) in [5, 5.41) is 17.8. The van der Waals surface area contributed by atoms with Gasteiger partial charge in [0.15, 0.2) is 0 Å². The summed E-state index contributed by atoms with van der Waals surface area (Å²) >= 11 is 0. The summed E-state index contributed by atoms with van der Waals surface area (Å²) in [6.45, 7) is 2.17. The van der Waals surface area contributed by atoms with Crippen molar-refractivity contribution in [3.8, 4) is 17.2 Å². The highest BCUT2D eigenvalue weighted by Gasteiger charge is 2.71. The number of cyclic esters (lactones) is 1. The summed E-state index contributed by atoms with van der Waals surface area (Å²) < 4.78 is 22.2. The number of amides is 1. The number of nitrogens with zero attached hydrogens (tertiary/aromatic N) is 8. The smallest absolute Gasteiger partial charge is 0.414 e. The molecule has 3 aliphatic rings. The fraction of sp³-hybridized carbons (Fsp3) is 0.286. The number of nitriles is 1. The van der Waals surface area contributed by atoms with Crippen LogP contribution in [0.1, 0.15) is 5.69 Å². The number of anilines is 2. The Morgan fingerprint density at radius 2 is 1.95 bits per heavy atom. The van der Waals surface area contributed by atoms with Crippen molar-refractivity contribution < 1.29 is 13.9 Å². The number of halogens is 1. The summed E-state index contributed by atoms with van der Waals surface area (Å²) in [6, 6.07) is 16.7. The van der Waals surface area contributed by atoms with Crippen molar-refractivity contribution in [2.75, 3.05) is 29.4 Å². The number of fused-ring (bicyclic) bond motifs is 1. The summed E-state index contributed by atoms with van der Waals surface area (Å²) in [5.74, 6) is 0.825. The summed E-state index contributed by atoms with van der Waals surface area (Å²) in [6.07, 6.45) is 5.69. The lowest BCUT2D eigenvalue weighted by Gasteiger charge is -2.23. The number of carbonyl (C=O) groups excluding carboxylic acids is 1. The minimum atomic E-state index is -0.620. The third-order valence-corrected chi connectivity index (χ3v) is 8.04. The van der Waals surface area contributed by atoms with Crippen LogP contribution >= 0.6 is 0 Å². The van der Waals surface area contributed by atoms with Gasteiger partial charge in [0.05, 0.1) is 36.7 Å². The lowest BCUT2D eigenvalue weighted by atomic mass is 9.95. The van der Waals surface area contributed by atoms with Crippen LogP contribution in [0.15, 0.2) is 73.3 Å². The molecule has 5 heterocycles. The molecule has 1 aliphatic carbocycles. The van der Waals surface area contributed by atoms with Gasteiger partial charge in [-0.2, -0.15) is 5.26 Å². The highest BCUT2D eigenvalue weighted by Crippen LogP contribution is 2.63. The van der Waals surface area contributed by atoms with Gasteiger partial charge in [-0.3, -0.25) is 9.88 Å². The molecule has 0 bridgehead atoms. The normalized spacial score (nSPS) is 25.3. The Bertz CT molecular complexity index is 1560. The molecule has 194 valence electrons. The van der Waals surface area contributed by atoms with Gasteiger partial charge in [-0.25, -0.2) is 18.9 Å². The van der Waals surface area contributed by atoms with Crippen LogP contribution in [0.5, 0.6) is 0 Å². The van der Waals surface area contributed by atoms with Crippen molar-refractivity contribution in [1.29, 1.82) is 5.26 Å². The molecule has 11 heteroatoms. The molecule has 0 radical (unpaired) electrons. The lowest BCUT2D eigenvalue weighted by molar-refractivity contribution is 0.129. The average molecular weight is 523 g/mol. The maximum Gasteiger partial charge on any atom is 0.414 e. The van der Waals surface area contributed by atoms with E-state index in [4.69, 9.17) is 4.74 Å². The molecule has 0 N–H and O–H groups in total. The van der Waals surface area contributed by atoms with Gasteiger partial charge >= 0.3 is 6.09 Å². The van der Waals surface area contributed by atoms with Crippen LogP contribution in [-0.4, -0.2) is 56.8 Å². The Labute approximate surface area is 223 Å². The molecule has 3 aromatic heterocycles. The number of benzene rings is 1. The minimum Gasteiger partial charge on any atom is -0.442 e. The molecule has 7 rings (SSSR count). The maximum absolute atomic E-state index is 15.2. The zero-order valence-corrected chi connectivity index (χ0v) is 20.8. The summed E-state index contributed by atoms with van der Waals surface area (Å²) in [7, 11) is 0. The van der Waals surface area contributed by atoms with Crippen molar-refractivity contribution in [2.45, 2.75) is 18.1 Å². The Hall–Kier alpha value is -4.85. The number of aromatic nitrogens is 5. The van der Waals surface area contributed by atoms with Crippen molar-refractivity contribution in [3.63, 3.8) is 0 Å². The highest BCUT2D eigenvalue weighted by molar-refractivity contribution is 5.90. The van der Waals surface area contributed by atoms with Gasteiger partial charge in [0.1, 0.15) is 23.2 Å². The number of hydrogen-bond acceptors (Lipinski definition) is 8.